The number of amides is 1. The topological polar surface area (TPSA) is 41.1 Å². The first-order chi connectivity index (χ1) is 8.65. The minimum Gasteiger partial charge on any atom is -0.326 e. The summed E-state index contributed by atoms with van der Waals surface area (Å²) in [5.74, 6) is 0.114. The Morgan fingerprint density at radius 3 is 2.94 bits per heavy atom. The molecule has 2 rings (SSSR count). The second kappa shape index (κ2) is 6.01. The number of carbonyl (C=O) groups is 1. The van der Waals surface area contributed by atoms with Crippen molar-refractivity contribution >= 4 is 11.6 Å². The first kappa shape index (κ1) is 13.1. The molecule has 1 saturated heterocycles. The fourth-order valence-electron chi connectivity index (χ4n) is 2.39. The fourth-order valence-corrected chi connectivity index (χ4v) is 2.39. The minimum atomic E-state index is 0.114. The standard InChI is InChI=1S/C15H22N2O/c1-11-6-7-12(2)14(9-11)17-15(18)10-13-5-3-4-8-16-13/h6-7,9,13,16H,3-5,8,10H2,1-2H3,(H,17,18). The van der Waals surface area contributed by atoms with Gasteiger partial charge in [0.15, 0.2) is 0 Å². The molecule has 1 heterocycles. The molecule has 2 N–H and O–H groups in total. The van der Waals surface area contributed by atoms with Crippen molar-refractivity contribution in [2.45, 2.75) is 45.6 Å². The van der Waals surface area contributed by atoms with Crippen LogP contribution in [0.4, 0.5) is 5.69 Å². The first-order valence-corrected chi connectivity index (χ1v) is 6.75. The van der Waals surface area contributed by atoms with Crippen molar-refractivity contribution in [1.29, 1.82) is 0 Å². The number of hydrogen-bond donors (Lipinski definition) is 2. The summed E-state index contributed by atoms with van der Waals surface area (Å²) < 4.78 is 0. The summed E-state index contributed by atoms with van der Waals surface area (Å²) in [5.41, 5.74) is 3.23. The zero-order valence-electron chi connectivity index (χ0n) is 11.3. The zero-order chi connectivity index (χ0) is 13.0. The average molecular weight is 246 g/mol. The number of piperidine rings is 1. The first-order valence-electron chi connectivity index (χ1n) is 6.75. The molecule has 0 aliphatic carbocycles. The van der Waals surface area contributed by atoms with Crippen LogP contribution in [-0.4, -0.2) is 18.5 Å². The highest BCUT2D eigenvalue weighted by Crippen LogP contribution is 2.17. The van der Waals surface area contributed by atoms with E-state index in [-0.39, 0.29) is 5.91 Å². The molecule has 1 aliphatic heterocycles. The van der Waals surface area contributed by atoms with Crippen molar-refractivity contribution < 1.29 is 4.79 Å². The lowest BCUT2D eigenvalue weighted by Crippen LogP contribution is -2.37. The molecule has 1 unspecified atom stereocenters. The maximum absolute atomic E-state index is 12.0. The van der Waals surface area contributed by atoms with Crippen molar-refractivity contribution in [2.75, 3.05) is 11.9 Å². The molecule has 18 heavy (non-hydrogen) atoms. The van der Waals surface area contributed by atoms with Gasteiger partial charge in [0.05, 0.1) is 0 Å². The van der Waals surface area contributed by atoms with Crippen molar-refractivity contribution in [3.05, 3.63) is 29.3 Å². The van der Waals surface area contributed by atoms with E-state index in [0.29, 0.717) is 12.5 Å². The highest BCUT2D eigenvalue weighted by Gasteiger charge is 2.16. The van der Waals surface area contributed by atoms with Crippen LogP contribution in [0.15, 0.2) is 18.2 Å². The molecule has 1 atom stereocenters. The molecule has 98 valence electrons. The molecule has 0 saturated carbocycles. The molecule has 1 amide bonds. The molecule has 1 aromatic carbocycles. The van der Waals surface area contributed by atoms with Crippen molar-refractivity contribution in [1.82, 2.24) is 5.32 Å². The summed E-state index contributed by atoms with van der Waals surface area (Å²) in [6, 6.07) is 6.49. The summed E-state index contributed by atoms with van der Waals surface area (Å²) in [7, 11) is 0. The summed E-state index contributed by atoms with van der Waals surface area (Å²) >= 11 is 0. The van der Waals surface area contributed by atoms with Crippen molar-refractivity contribution in [2.24, 2.45) is 0 Å². The van der Waals surface area contributed by atoms with Crippen LogP contribution in [0.3, 0.4) is 0 Å². The Balaban J connectivity index is 1.92. The number of hydrogen-bond acceptors (Lipinski definition) is 2. The van der Waals surface area contributed by atoms with E-state index in [4.69, 9.17) is 0 Å². The van der Waals surface area contributed by atoms with E-state index in [1.807, 2.05) is 26.0 Å². The van der Waals surface area contributed by atoms with Crippen LogP contribution in [0.25, 0.3) is 0 Å². The number of nitrogens with one attached hydrogen (secondary N) is 2. The Hall–Kier alpha value is -1.35. The lowest BCUT2D eigenvalue weighted by atomic mass is 10.0. The zero-order valence-corrected chi connectivity index (χ0v) is 11.3. The molecule has 1 fully saturated rings. The second-order valence-corrected chi connectivity index (χ2v) is 5.22. The van der Waals surface area contributed by atoms with Gasteiger partial charge in [-0.1, -0.05) is 18.6 Å². The number of rotatable bonds is 3. The molecule has 1 aromatic rings. The number of aryl methyl sites for hydroxylation is 2. The van der Waals surface area contributed by atoms with Crippen LogP contribution in [-0.2, 0) is 4.79 Å². The maximum atomic E-state index is 12.0. The summed E-state index contributed by atoms with van der Waals surface area (Å²) in [5, 5.41) is 6.42. The summed E-state index contributed by atoms with van der Waals surface area (Å²) in [6.07, 6.45) is 4.15. The Morgan fingerprint density at radius 1 is 1.39 bits per heavy atom. The average Bonchev–Trinajstić information content (AvgIpc) is 2.35. The van der Waals surface area contributed by atoms with Crippen LogP contribution in [0.1, 0.15) is 36.8 Å². The Morgan fingerprint density at radius 2 is 2.22 bits per heavy atom. The van der Waals surface area contributed by atoms with E-state index in [0.717, 1.165) is 24.2 Å². The van der Waals surface area contributed by atoms with Crippen LogP contribution >= 0.6 is 0 Å². The van der Waals surface area contributed by atoms with Gasteiger partial charge in [-0.05, 0) is 50.4 Å². The van der Waals surface area contributed by atoms with Crippen molar-refractivity contribution in [3.63, 3.8) is 0 Å². The minimum absolute atomic E-state index is 0.114. The predicted molar refractivity (Wildman–Crippen MR) is 74.8 cm³/mol. The molecule has 0 spiro atoms. The van der Waals surface area contributed by atoms with E-state index in [2.05, 4.69) is 16.7 Å². The van der Waals surface area contributed by atoms with Crippen molar-refractivity contribution in [3.8, 4) is 0 Å². The van der Waals surface area contributed by atoms with Gasteiger partial charge in [-0.25, -0.2) is 0 Å². The Kier molecular flexibility index (Phi) is 4.37. The van der Waals surface area contributed by atoms with Gasteiger partial charge in [0.25, 0.3) is 0 Å². The highest BCUT2D eigenvalue weighted by molar-refractivity contribution is 5.91. The van der Waals surface area contributed by atoms with Gasteiger partial charge in [-0.15, -0.1) is 0 Å². The van der Waals surface area contributed by atoms with Gasteiger partial charge in [-0.3, -0.25) is 4.79 Å². The molecule has 0 aromatic heterocycles. The van der Waals surface area contributed by atoms with Gasteiger partial charge in [0.1, 0.15) is 0 Å². The van der Waals surface area contributed by atoms with Crippen LogP contribution in [0, 0.1) is 13.8 Å². The largest absolute Gasteiger partial charge is 0.326 e. The Bertz CT molecular complexity index is 423. The number of benzene rings is 1. The van der Waals surface area contributed by atoms with E-state index in [9.17, 15) is 4.79 Å². The van der Waals surface area contributed by atoms with Gasteiger partial charge in [0.2, 0.25) is 5.91 Å². The number of carbonyl (C=O) groups excluding carboxylic acids is 1. The quantitative estimate of drug-likeness (QED) is 0.861. The third-order valence-electron chi connectivity index (χ3n) is 3.51. The maximum Gasteiger partial charge on any atom is 0.225 e. The molecule has 3 heteroatoms. The molecule has 1 aliphatic rings. The third kappa shape index (κ3) is 3.57. The van der Waals surface area contributed by atoms with Crippen LogP contribution in [0.2, 0.25) is 0 Å². The van der Waals surface area contributed by atoms with E-state index < -0.39 is 0 Å². The normalized spacial score (nSPS) is 19.6. The van der Waals surface area contributed by atoms with Crippen LogP contribution in [0.5, 0.6) is 0 Å². The van der Waals surface area contributed by atoms with Crippen LogP contribution < -0.4 is 10.6 Å². The summed E-state index contributed by atoms with van der Waals surface area (Å²) in [4.78, 5) is 12.0. The fraction of sp³-hybridized carbons (Fsp3) is 0.533. The van der Waals surface area contributed by atoms with Gasteiger partial charge >= 0.3 is 0 Å². The van der Waals surface area contributed by atoms with E-state index in [1.165, 1.54) is 18.4 Å². The molecule has 0 radical (unpaired) electrons. The smallest absolute Gasteiger partial charge is 0.225 e. The Labute approximate surface area is 109 Å². The molecular weight excluding hydrogens is 224 g/mol. The van der Waals surface area contributed by atoms with Gasteiger partial charge in [-0.2, -0.15) is 0 Å². The molecule has 0 bridgehead atoms. The lowest BCUT2D eigenvalue weighted by Gasteiger charge is -2.23. The van der Waals surface area contributed by atoms with Gasteiger partial charge in [0, 0.05) is 18.2 Å². The van der Waals surface area contributed by atoms with E-state index in [1.54, 1.807) is 0 Å². The molecular formula is C15H22N2O. The third-order valence-corrected chi connectivity index (χ3v) is 3.51. The number of anilines is 1. The highest BCUT2D eigenvalue weighted by atomic mass is 16.1. The van der Waals surface area contributed by atoms with E-state index >= 15 is 0 Å². The summed E-state index contributed by atoms with van der Waals surface area (Å²) in [6.45, 7) is 5.10. The van der Waals surface area contributed by atoms with Gasteiger partial charge < -0.3 is 10.6 Å². The monoisotopic (exact) mass is 246 g/mol. The molecule has 3 nitrogen and oxygen atoms in total. The second-order valence-electron chi connectivity index (χ2n) is 5.22. The predicted octanol–water partition coefficient (Wildman–Crippen LogP) is 2.77. The SMILES string of the molecule is Cc1ccc(C)c(NC(=O)CC2CCCCN2)c1. The lowest BCUT2D eigenvalue weighted by molar-refractivity contribution is -0.116.